The molecule has 0 radical (unpaired) electrons. The average molecular weight is 516 g/mol. The predicted octanol–water partition coefficient (Wildman–Crippen LogP) is 4.93. The summed E-state index contributed by atoms with van der Waals surface area (Å²) in [6.45, 7) is 2.01. The molecule has 37 heavy (non-hydrogen) atoms. The van der Waals surface area contributed by atoms with Gasteiger partial charge in [0.2, 0.25) is 12.1 Å². The van der Waals surface area contributed by atoms with Crippen molar-refractivity contribution in [3.63, 3.8) is 0 Å². The number of nitrogens with zero attached hydrogens (tertiary/aromatic N) is 2. The lowest BCUT2D eigenvalue weighted by Gasteiger charge is -2.25. The molecule has 2 aromatic rings. The van der Waals surface area contributed by atoms with Crippen LogP contribution in [0.4, 0.5) is 18.9 Å². The van der Waals surface area contributed by atoms with Gasteiger partial charge in [0, 0.05) is 18.2 Å². The van der Waals surface area contributed by atoms with Gasteiger partial charge >= 0.3 is 6.18 Å². The molecule has 1 fully saturated rings. The van der Waals surface area contributed by atoms with Gasteiger partial charge in [-0.1, -0.05) is 62.9 Å². The van der Waals surface area contributed by atoms with Crippen molar-refractivity contribution in [2.45, 2.75) is 63.9 Å². The van der Waals surface area contributed by atoms with Gasteiger partial charge in [-0.05, 0) is 37.0 Å². The fourth-order valence-electron chi connectivity index (χ4n) is 4.67. The third-order valence-electron chi connectivity index (χ3n) is 7.05. The first-order valence-electron chi connectivity index (χ1n) is 12.7. The Labute approximate surface area is 214 Å². The number of aliphatic imine (C=N–C) groups is 1. The molecule has 9 heteroatoms. The average Bonchev–Trinajstić information content (AvgIpc) is 3.71. The van der Waals surface area contributed by atoms with Crippen LogP contribution in [0.2, 0.25) is 0 Å². The number of alkyl halides is 3. The van der Waals surface area contributed by atoms with Crippen LogP contribution in [-0.2, 0) is 15.8 Å². The Morgan fingerprint density at radius 3 is 2.46 bits per heavy atom. The molecule has 2 aliphatic rings. The van der Waals surface area contributed by atoms with E-state index in [-0.39, 0.29) is 0 Å². The van der Waals surface area contributed by atoms with Crippen LogP contribution in [0.25, 0.3) is 0 Å². The van der Waals surface area contributed by atoms with Gasteiger partial charge in [0.1, 0.15) is 0 Å². The molecule has 1 aliphatic carbocycles. The lowest BCUT2D eigenvalue weighted by atomic mass is 9.91. The van der Waals surface area contributed by atoms with Crippen molar-refractivity contribution < 1.29 is 27.9 Å². The summed E-state index contributed by atoms with van der Waals surface area (Å²) in [7, 11) is 1.57. The van der Waals surface area contributed by atoms with Crippen LogP contribution in [0, 0.1) is 11.8 Å². The van der Waals surface area contributed by atoms with E-state index < -0.39 is 41.7 Å². The van der Waals surface area contributed by atoms with E-state index in [1.807, 2.05) is 6.92 Å². The number of nitrogens with one attached hydrogen (secondary N) is 1. The Balaban J connectivity index is 1.68. The van der Waals surface area contributed by atoms with Crippen LogP contribution in [0.5, 0.6) is 0 Å². The standard InChI is InChI=1S/C28H32F3N3O3/c1-3-4-9-23(35)21(16-17-10-11-17)26(36)33-25-27(37)34(2)22-8-6-5-7-20(22)24(32-25)18-12-14-19(15-13-18)28(29,30)31/h5-8,12-15,17,21,23,25,35H,3-4,9-11,16H2,1-2H3,(H,33,36)/t21-,23+,25+/m0/s1. The number of aliphatic hydroxyl groups is 1. The van der Waals surface area contributed by atoms with Crippen LogP contribution in [0.15, 0.2) is 53.5 Å². The number of hydrogen-bond acceptors (Lipinski definition) is 4. The number of benzene rings is 2. The first-order chi connectivity index (χ1) is 17.6. The Kier molecular flexibility index (Phi) is 8.02. The van der Waals surface area contributed by atoms with E-state index in [1.54, 1.807) is 31.3 Å². The molecule has 6 nitrogen and oxygen atoms in total. The summed E-state index contributed by atoms with van der Waals surface area (Å²) in [5.74, 6) is -1.19. The SMILES string of the molecule is CCCC[C@@H](O)[C@H](CC1CC1)C(=O)N[C@H]1N=C(c2ccc(C(F)(F)F)cc2)c2ccccc2N(C)C1=O. The molecule has 198 valence electrons. The highest BCUT2D eigenvalue weighted by molar-refractivity contribution is 6.20. The summed E-state index contributed by atoms with van der Waals surface area (Å²) in [4.78, 5) is 32.7. The van der Waals surface area contributed by atoms with Crippen molar-refractivity contribution >= 4 is 23.2 Å². The van der Waals surface area contributed by atoms with Crippen LogP contribution < -0.4 is 10.2 Å². The topological polar surface area (TPSA) is 82.0 Å². The first-order valence-corrected chi connectivity index (χ1v) is 12.7. The van der Waals surface area contributed by atoms with E-state index in [4.69, 9.17) is 0 Å². The van der Waals surface area contributed by atoms with Gasteiger partial charge in [-0.15, -0.1) is 0 Å². The minimum atomic E-state index is -4.48. The summed E-state index contributed by atoms with van der Waals surface area (Å²) in [6.07, 6.45) is -1.86. The minimum absolute atomic E-state index is 0.303. The summed E-state index contributed by atoms with van der Waals surface area (Å²) in [5.41, 5.74) is 0.992. The molecular formula is C28H32F3N3O3. The predicted molar refractivity (Wildman–Crippen MR) is 135 cm³/mol. The van der Waals surface area contributed by atoms with Crippen LogP contribution in [0.3, 0.4) is 0 Å². The van der Waals surface area contributed by atoms with Crippen molar-refractivity contribution in [2.24, 2.45) is 16.8 Å². The lowest BCUT2D eigenvalue weighted by molar-refractivity contribution is -0.137. The summed E-state index contributed by atoms with van der Waals surface area (Å²) in [6, 6.07) is 11.5. The third-order valence-corrected chi connectivity index (χ3v) is 7.05. The zero-order valence-electron chi connectivity index (χ0n) is 21.0. The number of amides is 2. The van der Waals surface area contributed by atoms with E-state index in [2.05, 4.69) is 10.3 Å². The smallest absolute Gasteiger partial charge is 0.392 e. The van der Waals surface area contributed by atoms with E-state index >= 15 is 0 Å². The molecule has 1 saturated carbocycles. The number of carbonyl (C=O) groups excluding carboxylic acids is 2. The Hall–Kier alpha value is -3.20. The third kappa shape index (κ3) is 6.21. The largest absolute Gasteiger partial charge is 0.416 e. The van der Waals surface area contributed by atoms with Crippen molar-refractivity contribution in [2.75, 3.05) is 11.9 Å². The molecule has 3 atom stereocenters. The van der Waals surface area contributed by atoms with E-state index in [9.17, 15) is 27.9 Å². The lowest BCUT2D eigenvalue weighted by Crippen LogP contribution is -2.49. The molecule has 0 spiro atoms. The molecular weight excluding hydrogens is 483 g/mol. The van der Waals surface area contributed by atoms with Gasteiger partial charge < -0.3 is 15.3 Å². The monoisotopic (exact) mass is 515 g/mol. The first kappa shape index (κ1) is 26.9. The fourth-order valence-corrected chi connectivity index (χ4v) is 4.67. The minimum Gasteiger partial charge on any atom is -0.392 e. The highest BCUT2D eigenvalue weighted by atomic mass is 19.4. The number of hydrogen-bond donors (Lipinski definition) is 2. The Morgan fingerprint density at radius 2 is 1.84 bits per heavy atom. The summed E-state index contributed by atoms with van der Waals surface area (Å²) >= 11 is 0. The van der Waals surface area contributed by atoms with Crippen LogP contribution in [-0.4, -0.2) is 41.9 Å². The molecule has 2 aromatic carbocycles. The number of rotatable bonds is 9. The maximum Gasteiger partial charge on any atom is 0.416 e. The van der Waals surface area contributed by atoms with E-state index in [0.717, 1.165) is 37.8 Å². The number of likely N-dealkylation sites (N-methyl/N-ethyl adjacent to an activating group) is 1. The van der Waals surface area contributed by atoms with E-state index in [0.29, 0.717) is 41.3 Å². The molecule has 0 saturated heterocycles. The Morgan fingerprint density at radius 1 is 1.16 bits per heavy atom. The molecule has 2 N–H and O–H groups in total. The maximum atomic E-state index is 13.4. The van der Waals surface area contributed by atoms with Gasteiger partial charge in [-0.3, -0.25) is 9.59 Å². The van der Waals surface area contributed by atoms with Gasteiger partial charge in [0.05, 0.1) is 29.0 Å². The van der Waals surface area contributed by atoms with Crippen LogP contribution in [0.1, 0.15) is 62.1 Å². The molecule has 4 rings (SSSR count). The van der Waals surface area contributed by atoms with Crippen molar-refractivity contribution in [1.82, 2.24) is 5.32 Å². The quantitative estimate of drug-likeness (QED) is 0.497. The van der Waals surface area contributed by atoms with Gasteiger partial charge in [0.15, 0.2) is 0 Å². The maximum absolute atomic E-state index is 13.4. The molecule has 2 amide bonds. The van der Waals surface area contributed by atoms with E-state index in [1.165, 1.54) is 17.0 Å². The van der Waals surface area contributed by atoms with Gasteiger partial charge in [0.25, 0.3) is 5.91 Å². The molecule has 0 bridgehead atoms. The second kappa shape index (κ2) is 11.0. The highest BCUT2D eigenvalue weighted by Gasteiger charge is 2.37. The summed E-state index contributed by atoms with van der Waals surface area (Å²) in [5, 5.41) is 13.5. The number of fused-ring (bicyclic) bond motifs is 1. The molecule has 0 aromatic heterocycles. The number of unbranched alkanes of at least 4 members (excludes halogenated alkanes) is 1. The second-order valence-corrected chi connectivity index (χ2v) is 9.87. The molecule has 1 heterocycles. The normalized spacial score (nSPS) is 19.5. The van der Waals surface area contributed by atoms with Gasteiger partial charge in [-0.2, -0.15) is 13.2 Å². The summed E-state index contributed by atoms with van der Waals surface area (Å²) < 4.78 is 39.4. The zero-order chi connectivity index (χ0) is 26.7. The number of anilines is 1. The van der Waals surface area contributed by atoms with Crippen molar-refractivity contribution in [3.8, 4) is 0 Å². The zero-order valence-corrected chi connectivity index (χ0v) is 21.0. The van der Waals surface area contributed by atoms with Crippen molar-refractivity contribution in [3.05, 3.63) is 65.2 Å². The van der Waals surface area contributed by atoms with Crippen molar-refractivity contribution in [1.29, 1.82) is 0 Å². The Bertz CT molecular complexity index is 1160. The number of halogens is 3. The number of aliphatic hydroxyl groups excluding tert-OH is 1. The fraction of sp³-hybridized carbons (Fsp3) is 0.464. The molecule has 1 aliphatic heterocycles. The second-order valence-electron chi connectivity index (χ2n) is 9.87. The van der Waals surface area contributed by atoms with Gasteiger partial charge in [-0.25, -0.2) is 4.99 Å². The highest BCUT2D eigenvalue weighted by Crippen LogP contribution is 2.37. The van der Waals surface area contributed by atoms with Crippen LogP contribution >= 0.6 is 0 Å². The number of para-hydroxylation sites is 1. The molecule has 0 unspecified atom stereocenters. The number of benzodiazepines with no additional fused rings is 1. The number of carbonyl (C=O) groups is 2.